The van der Waals surface area contributed by atoms with E-state index in [1.807, 2.05) is 0 Å². The summed E-state index contributed by atoms with van der Waals surface area (Å²) in [4.78, 5) is 23.4. The second kappa shape index (κ2) is 12.6. The van der Waals surface area contributed by atoms with Gasteiger partial charge in [0.1, 0.15) is 42.5 Å². The van der Waals surface area contributed by atoms with E-state index in [0.29, 0.717) is 34.3 Å². The summed E-state index contributed by atoms with van der Waals surface area (Å²) in [6, 6.07) is 10.2. The highest BCUT2D eigenvalue weighted by Crippen LogP contribution is 2.70. The number of carboxylic acids is 1. The molecule has 4 aliphatic carbocycles. The fraction of sp³-hybridized carbons (Fsp3) is 0.559. The SMILES string of the molecule is COC1(c2ccc(/C=C/C(=O)O)c(OCc3ccc(OC4OC(CO)C(O)C(O)C4O)cc3)c2Cl)OOC12C1CC3CC(C1)CC2C3. The number of hydrogen-bond donors (Lipinski definition) is 5. The predicted molar refractivity (Wildman–Crippen MR) is 164 cm³/mol. The van der Waals surface area contributed by atoms with Crippen LogP contribution < -0.4 is 9.47 Å². The number of rotatable bonds is 10. The monoisotopic (exact) mass is 674 g/mol. The van der Waals surface area contributed by atoms with Gasteiger partial charge in [0, 0.05) is 24.3 Å². The van der Waals surface area contributed by atoms with Gasteiger partial charge in [-0.25, -0.2) is 9.68 Å². The molecule has 2 aromatic rings. The highest BCUT2D eigenvalue weighted by Gasteiger charge is 2.77. The summed E-state index contributed by atoms with van der Waals surface area (Å²) in [5.41, 5.74) is 1.05. The van der Waals surface area contributed by atoms with Gasteiger partial charge in [-0.2, -0.15) is 4.89 Å². The maximum atomic E-state index is 11.4. The average molecular weight is 675 g/mol. The fourth-order valence-corrected chi connectivity index (χ4v) is 9.06. The van der Waals surface area contributed by atoms with Gasteiger partial charge in [0.25, 0.3) is 5.79 Å². The van der Waals surface area contributed by atoms with Crippen LogP contribution in [-0.4, -0.2) is 81.5 Å². The van der Waals surface area contributed by atoms with Gasteiger partial charge in [0.15, 0.2) is 5.60 Å². The number of aliphatic hydroxyl groups is 4. The molecule has 8 rings (SSSR count). The Balaban J connectivity index is 1.13. The van der Waals surface area contributed by atoms with E-state index >= 15 is 0 Å². The number of methoxy groups -OCH3 is 1. The maximum absolute atomic E-state index is 11.4. The van der Waals surface area contributed by atoms with E-state index in [1.54, 1.807) is 43.5 Å². The zero-order valence-electron chi connectivity index (χ0n) is 25.7. The number of hydrogen-bond acceptors (Lipinski definition) is 11. The van der Waals surface area contributed by atoms with E-state index in [0.717, 1.165) is 31.8 Å². The Labute approximate surface area is 276 Å². The minimum Gasteiger partial charge on any atom is -0.487 e. The highest BCUT2D eigenvalue weighted by molar-refractivity contribution is 6.33. The number of aliphatic hydroxyl groups excluding tert-OH is 4. The summed E-state index contributed by atoms with van der Waals surface area (Å²) in [5.74, 6) is 0.0997. The first-order valence-electron chi connectivity index (χ1n) is 15.9. The van der Waals surface area contributed by atoms with Crippen molar-refractivity contribution in [2.75, 3.05) is 13.7 Å². The van der Waals surface area contributed by atoms with Crippen molar-refractivity contribution in [3.8, 4) is 11.5 Å². The molecule has 6 fully saturated rings. The third-order valence-corrected chi connectivity index (χ3v) is 11.1. The summed E-state index contributed by atoms with van der Waals surface area (Å²) >= 11 is 7.13. The molecule has 2 saturated heterocycles. The molecule has 6 atom stereocenters. The molecule has 12 nitrogen and oxygen atoms in total. The average Bonchev–Trinajstić information content (AvgIpc) is 3.04. The van der Waals surface area contributed by atoms with Crippen LogP contribution in [0.4, 0.5) is 0 Å². The normalized spacial score (nSPS) is 38.9. The van der Waals surface area contributed by atoms with Gasteiger partial charge >= 0.3 is 5.97 Å². The molecular weight excluding hydrogens is 636 g/mol. The Morgan fingerprint density at radius 2 is 1.64 bits per heavy atom. The number of halogens is 1. The van der Waals surface area contributed by atoms with Crippen molar-refractivity contribution in [2.45, 2.75) is 80.8 Å². The lowest BCUT2D eigenvalue weighted by Gasteiger charge is -2.68. The Morgan fingerprint density at radius 3 is 2.21 bits per heavy atom. The van der Waals surface area contributed by atoms with Crippen molar-refractivity contribution in [1.82, 2.24) is 0 Å². The molecule has 47 heavy (non-hydrogen) atoms. The van der Waals surface area contributed by atoms with E-state index in [1.165, 1.54) is 12.5 Å². The van der Waals surface area contributed by atoms with Crippen molar-refractivity contribution < 1.29 is 59.0 Å². The van der Waals surface area contributed by atoms with Crippen LogP contribution in [0.1, 0.15) is 48.8 Å². The first-order chi connectivity index (χ1) is 22.6. The van der Waals surface area contributed by atoms with Crippen LogP contribution in [0.25, 0.3) is 6.08 Å². The Bertz CT molecular complexity index is 1480. The fourth-order valence-electron chi connectivity index (χ4n) is 8.71. The second-order valence-electron chi connectivity index (χ2n) is 13.3. The number of ether oxygens (including phenoxy) is 4. The van der Waals surface area contributed by atoms with Gasteiger partial charge in [-0.15, -0.1) is 0 Å². The Morgan fingerprint density at radius 1 is 0.957 bits per heavy atom. The number of carbonyl (C=O) groups is 1. The van der Waals surface area contributed by atoms with Gasteiger partial charge in [-0.05, 0) is 79.5 Å². The maximum Gasteiger partial charge on any atom is 0.328 e. The van der Waals surface area contributed by atoms with Gasteiger partial charge < -0.3 is 44.5 Å². The smallest absolute Gasteiger partial charge is 0.328 e. The molecule has 254 valence electrons. The standard InChI is InChI=1S/C34H39ClO12/c1-42-34(33(46-47-34)21-11-18-10-19(13-21)14-22(33)12-18)24-8-4-20(5-9-26(37)38)31(27(24)35)43-16-17-2-6-23(7-3-17)44-32-30(41)29(40)28(39)25(15-36)45-32/h2-9,18-19,21-22,25,28-30,32,36,39-41H,10-16H2,1H3,(H,37,38)/b9-5+. The topological polar surface area (TPSA) is 174 Å². The lowest BCUT2D eigenvalue weighted by molar-refractivity contribution is -0.645. The number of benzene rings is 2. The largest absolute Gasteiger partial charge is 0.487 e. The molecule has 6 unspecified atom stereocenters. The zero-order chi connectivity index (χ0) is 33.1. The predicted octanol–water partition coefficient (Wildman–Crippen LogP) is 3.15. The summed E-state index contributed by atoms with van der Waals surface area (Å²) in [6.45, 7) is -0.517. The Kier molecular flexibility index (Phi) is 8.77. The van der Waals surface area contributed by atoms with Crippen LogP contribution in [0.3, 0.4) is 0 Å². The minimum atomic E-state index is -1.56. The number of carboxylic acid groups (broad SMARTS) is 1. The molecule has 0 radical (unpaired) electrons. The van der Waals surface area contributed by atoms with Crippen LogP contribution in [-0.2, 0) is 36.4 Å². The molecule has 5 N–H and O–H groups in total. The molecular formula is C34H39ClO12. The van der Waals surface area contributed by atoms with Crippen LogP contribution in [0, 0.1) is 23.7 Å². The molecule has 0 aromatic heterocycles. The molecule has 4 bridgehead atoms. The van der Waals surface area contributed by atoms with Crippen molar-refractivity contribution in [1.29, 1.82) is 0 Å². The Hall–Kier alpha value is -2.78. The highest BCUT2D eigenvalue weighted by atomic mass is 35.5. The van der Waals surface area contributed by atoms with Crippen LogP contribution in [0.15, 0.2) is 42.5 Å². The van der Waals surface area contributed by atoms with Crippen molar-refractivity contribution in [2.24, 2.45) is 23.7 Å². The van der Waals surface area contributed by atoms with Crippen LogP contribution in [0.2, 0.25) is 5.02 Å². The molecule has 6 aliphatic rings. The van der Waals surface area contributed by atoms with Crippen LogP contribution >= 0.6 is 11.6 Å². The molecule has 2 aromatic carbocycles. The van der Waals surface area contributed by atoms with Crippen molar-refractivity contribution >= 4 is 23.6 Å². The zero-order valence-corrected chi connectivity index (χ0v) is 26.5. The molecule has 2 aliphatic heterocycles. The minimum absolute atomic E-state index is 0.0501. The van der Waals surface area contributed by atoms with Gasteiger partial charge in [-0.1, -0.05) is 35.9 Å². The number of aliphatic carboxylic acids is 1. The molecule has 13 heteroatoms. The lowest BCUT2D eigenvalue weighted by atomic mass is 9.47. The second-order valence-corrected chi connectivity index (χ2v) is 13.7. The van der Waals surface area contributed by atoms with Gasteiger partial charge in [0.05, 0.1) is 11.6 Å². The molecule has 1 spiro atoms. The van der Waals surface area contributed by atoms with E-state index in [-0.39, 0.29) is 29.2 Å². The molecule has 0 amide bonds. The van der Waals surface area contributed by atoms with E-state index in [2.05, 4.69) is 0 Å². The molecule has 4 saturated carbocycles. The van der Waals surface area contributed by atoms with Crippen molar-refractivity contribution in [3.63, 3.8) is 0 Å². The first kappa shape index (κ1) is 32.8. The van der Waals surface area contributed by atoms with Gasteiger partial charge in [-0.3, -0.25) is 0 Å². The summed E-state index contributed by atoms with van der Waals surface area (Å²) in [7, 11) is 1.60. The summed E-state index contributed by atoms with van der Waals surface area (Å²) in [5, 5.41) is 49.3. The van der Waals surface area contributed by atoms with E-state index in [9.17, 15) is 30.3 Å². The first-order valence-corrected chi connectivity index (χ1v) is 16.3. The van der Waals surface area contributed by atoms with E-state index < -0.39 is 54.7 Å². The third kappa shape index (κ3) is 5.34. The summed E-state index contributed by atoms with van der Waals surface area (Å²) in [6.07, 6.45) is 0.913. The quantitative estimate of drug-likeness (QED) is 0.184. The van der Waals surface area contributed by atoms with Gasteiger partial charge in [0.2, 0.25) is 6.29 Å². The van der Waals surface area contributed by atoms with E-state index in [4.69, 9.17) is 40.3 Å². The summed E-state index contributed by atoms with van der Waals surface area (Å²) < 4.78 is 23.6. The molecule has 2 heterocycles. The van der Waals surface area contributed by atoms with Crippen molar-refractivity contribution in [3.05, 3.63) is 64.2 Å². The lowest BCUT2D eigenvalue weighted by Crippen LogP contribution is -2.76. The third-order valence-electron chi connectivity index (χ3n) is 10.7. The van der Waals surface area contributed by atoms with Crippen LogP contribution in [0.5, 0.6) is 11.5 Å².